The summed E-state index contributed by atoms with van der Waals surface area (Å²) in [6.45, 7) is 2.23. The topological polar surface area (TPSA) is 69.6 Å². The Morgan fingerprint density at radius 1 is 1.33 bits per heavy atom. The first-order valence-electron chi connectivity index (χ1n) is 7.87. The Balaban J connectivity index is 2.16. The van der Waals surface area contributed by atoms with Crippen molar-refractivity contribution in [1.29, 1.82) is 0 Å². The molecule has 2 amide bonds. The van der Waals surface area contributed by atoms with E-state index in [2.05, 4.69) is 11.6 Å². The van der Waals surface area contributed by atoms with E-state index in [9.17, 15) is 9.59 Å². The van der Waals surface area contributed by atoms with Crippen molar-refractivity contribution in [3.05, 3.63) is 0 Å². The van der Waals surface area contributed by atoms with Gasteiger partial charge in [-0.15, -0.1) is 0 Å². The van der Waals surface area contributed by atoms with Crippen molar-refractivity contribution >= 4 is 23.8 Å². The Labute approximate surface area is 131 Å². The summed E-state index contributed by atoms with van der Waals surface area (Å²) in [4.78, 5) is 24.5. The van der Waals surface area contributed by atoms with Crippen LogP contribution in [-0.2, 0) is 4.79 Å². The average Bonchev–Trinajstić information content (AvgIpc) is 2.48. The smallest absolute Gasteiger partial charge is 0.317 e. The van der Waals surface area contributed by atoms with Gasteiger partial charge in [0.15, 0.2) is 0 Å². The zero-order chi connectivity index (χ0) is 15.5. The Hall–Kier alpha value is -0.910. The van der Waals surface area contributed by atoms with Gasteiger partial charge in [0.1, 0.15) is 0 Å². The lowest BCUT2D eigenvalue weighted by Gasteiger charge is -2.32. The number of unbranched alkanes of at least 4 members (excludes halogenated alkanes) is 2. The SMILES string of the molecule is CSCCCCCNC(=O)N1CCCC(CCC(=O)O)C1. The van der Waals surface area contributed by atoms with Gasteiger partial charge in [0.25, 0.3) is 0 Å². The maximum absolute atomic E-state index is 12.1. The molecule has 0 aromatic heterocycles. The predicted molar refractivity (Wildman–Crippen MR) is 86.8 cm³/mol. The number of carboxylic acids is 1. The number of carbonyl (C=O) groups is 2. The van der Waals surface area contributed by atoms with E-state index in [1.54, 1.807) is 0 Å². The zero-order valence-corrected chi connectivity index (χ0v) is 13.8. The van der Waals surface area contributed by atoms with Gasteiger partial charge in [0.2, 0.25) is 0 Å². The average molecular weight is 316 g/mol. The van der Waals surface area contributed by atoms with Crippen LogP contribution in [0.25, 0.3) is 0 Å². The van der Waals surface area contributed by atoms with Crippen molar-refractivity contribution in [3.63, 3.8) is 0 Å². The first-order valence-corrected chi connectivity index (χ1v) is 9.26. The first kappa shape index (κ1) is 18.1. The van der Waals surface area contributed by atoms with Gasteiger partial charge in [0, 0.05) is 26.1 Å². The summed E-state index contributed by atoms with van der Waals surface area (Å²) in [6.07, 6.45) is 8.39. The van der Waals surface area contributed by atoms with E-state index in [0.717, 1.165) is 38.8 Å². The molecule has 1 rings (SSSR count). The number of aliphatic carboxylic acids is 1. The van der Waals surface area contributed by atoms with E-state index in [1.165, 1.54) is 12.2 Å². The monoisotopic (exact) mass is 316 g/mol. The molecule has 122 valence electrons. The quantitative estimate of drug-likeness (QED) is 0.642. The molecule has 2 N–H and O–H groups in total. The highest BCUT2D eigenvalue weighted by atomic mass is 32.2. The van der Waals surface area contributed by atoms with Crippen molar-refractivity contribution in [1.82, 2.24) is 10.2 Å². The number of nitrogens with one attached hydrogen (secondary N) is 1. The fourth-order valence-corrected chi connectivity index (χ4v) is 3.16. The summed E-state index contributed by atoms with van der Waals surface area (Å²) in [6, 6.07) is 0.0138. The molecule has 1 heterocycles. The van der Waals surface area contributed by atoms with Gasteiger partial charge in [-0.1, -0.05) is 6.42 Å². The van der Waals surface area contributed by atoms with E-state index in [1.807, 2.05) is 16.7 Å². The molecule has 0 saturated carbocycles. The van der Waals surface area contributed by atoms with Crippen LogP contribution in [0.3, 0.4) is 0 Å². The second kappa shape index (κ2) is 10.8. The van der Waals surface area contributed by atoms with Crippen LogP contribution in [-0.4, -0.2) is 53.6 Å². The van der Waals surface area contributed by atoms with E-state index in [0.29, 0.717) is 18.9 Å². The van der Waals surface area contributed by atoms with Crippen LogP contribution >= 0.6 is 11.8 Å². The molecule has 1 aliphatic rings. The van der Waals surface area contributed by atoms with Gasteiger partial charge in [-0.25, -0.2) is 4.79 Å². The van der Waals surface area contributed by atoms with Gasteiger partial charge in [-0.05, 0) is 50.0 Å². The predicted octanol–water partition coefficient (Wildman–Crippen LogP) is 2.81. The number of thioether (sulfide) groups is 1. The number of piperidine rings is 1. The van der Waals surface area contributed by atoms with Gasteiger partial charge in [-0.2, -0.15) is 11.8 Å². The molecule has 1 fully saturated rings. The molecule has 0 bridgehead atoms. The Bertz CT molecular complexity index is 326. The number of hydrogen-bond acceptors (Lipinski definition) is 3. The van der Waals surface area contributed by atoms with Crippen molar-refractivity contribution < 1.29 is 14.7 Å². The van der Waals surface area contributed by atoms with Crippen molar-refractivity contribution in [2.24, 2.45) is 5.92 Å². The molecule has 0 aliphatic carbocycles. The zero-order valence-electron chi connectivity index (χ0n) is 13.0. The minimum atomic E-state index is -0.748. The van der Waals surface area contributed by atoms with Gasteiger partial charge in [-0.3, -0.25) is 4.79 Å². The number of likely N-dealkylation sites (tertiary alicyclic amines) is 1. The van der Waals surface area contributed by atoms with Crippen LogP contribution < -0.4 is 5.32 Å². The van der Waals surface area contributed by atoms with Crippen LogP contribution in [0.4, 0.5) is 4.79 Å². The van der Waals surface area contributed by atoms with Gasteiger partial charge < -0.3 is 15.3 Å². The lowest BCUT2D eigenvalue weighted by molar-refractivity contribution is -0.137. The number of nitrogens with zero attached hydrogens (tertiary/aromatic N) is 1. The molecular formula is C15H28N2O3S. The minimum Gasteiger partial charge on any atom is -0.481 e. The second-order valence-electron chi connectivity index (χ2n) is 5.67. The fraction of sp³-hybridized carbons (Fsp3) is 0.867. The molecule has 1 aliphatic heterocycles. The molecule has 1 atom stereocenters. The standard InChI is InChI=1S/C15H28N2O3S/c1-21-11-4-2-3-9-16-15(20)17-10-5-6-13(12-17)7-8-14(18)19/h13H,2-12H2,1H3,(H,16,20)(H,18,19). The Morgan fingerprint density at radius 3 is 2.86 bits per heavy atom. The number of rotatable bonds is 9. The van der Waals surface area contributed by atoms with Gasteiger partial charge >= 0.3 is 12.0 Å². The van der Waals surface area contributed by atoms with E-state index in [4.69, 9.17) is 5.11 Å². The summed E-state index contributed by atoms with van der Waals surface area (Å²) in [5.74, 6) is 0.773. The van der Waals surface area contributed by atoms with Crippen LogP contribution in [0.2, 0.25) is 0 Å². The highest BCUT2D eigenvalue weighted by Gasteiger charge is 2.23. The summed E-state index contributed by atoms with van der Waals surface area (Å²) in [7, 11) is 0. The number of urea groups is 1. The number of carbonyl (C=O) groups excluding carboxylic acids is 1. The van der Waals surface area contributed by atoms with Gasteiger partial charge in [0.05, 0.1) is 0 Å². The third kappa shape index (κ3) is 8.19. The number of hydrogen-bond donors (Lipinski definition) is 2. The summed E-state index contributed by atoms with van der Waals surface area (Å²) in [5.41, 5.74) is 0. The van der Waals surface area contributed by atoms with E-state index < -0.39 is 5.97 Å². The normalized spacial score (nSPS) is 18.5. The molecular weight excluding hydrogens is 288 g/mol. The molecule has 1 unspecified atom stereocenters. The highest BCUT2D eigenvalue weighted by molar-refractivity contribution is 7.98. The molecule has 1 saturated heterocycles. The molecule has 5 nitrogen and oxygen atoms in total. The van der Waals surface area contributed by atoms with Crippen LogP contribution in [0, 0.1) is 5.92 Å². The Kier molecular flexibility index (Phi) is 9.30. The van der Waals surface area contributed by atoms with Crippen molar-refractivity contribution in [2.45, 2.75) is 44.9 Å². The molecule has 21 heavy (non-hydrogen) atoms. The van der Waals surface area contributed by atoms with Crippen molar-refractivity contribution in [2.75, 3.05) is 31.6 Å². The number of amides is 2. The molecule has 0 aromatic rings. The largest absolute Gasteiger partial charge is 0.481 e. The molecule has 0 radical (unpaired) electrons. The van der Waals surface area contributed by atoms with E-state index in [-0.39, 0.29) is 12.5 Å². The number of carboxylic acid groups (broad SMARTS) is 1. The molecule has 0 spiro atoms. The summed E-state index contributed by atoms with van der Waals surface area (Å²) >= 11 is 1.86. The minimum absolute atomic E-state index is 0.0138. The lowest BCUT2D eigenvalue weighted by Crippen LogP contribution is -2.45. The Morgan fingerprint density at radius 2 is 2.14 bits per heavy atom. The lowest BCUT2D eigenvalue weighted by atomic mass is 9.93. The maximum atomic E-state index is 12.1. The first-order chi connectivity index (χ1) is 10.1. The third-order valence-electron chi connectivity index (χ3n) is 3.87. The molecule has 6 heteroatoms. The van der Waals surface area contributed by atoms with Crippen molar-refractivity contribution in [3.8, 4) is 0 Å². The third-order valence-corrected chi connectivity index (χ3v) is 4.57. The molecule has 0 aromatic carbocycles. The summed E-state index contributed by atoms with van der Waals surface area (Å²) in [5, 5.41) is 11.7. The van der Waals surface area contributed by atoms with Crippen LogP contribution in [0.5, 0.6) is 0 Å². The van der Waals surface area contributed by atoms with E-state index >= 15 is 0 Å². The second-order valence-corrected chi connectivity index (χ2v) is 6.66. The highest BCUT2D eigenvalue weighted by Crippen LogP contribution is 2.20. The summed E-state index contributed by atoms with van der Waals surface area (Å²) < 4.78 is 0. The van der Waals surface area contributed by atoms with Crippen LogP contribution in [0.15, 0.2) is 0 Å². The maximum Gasteiger partial charge on any atom is 0.317 e. The fourth-order valence-electron chi connectivity index (χ4n) is 2.67. The van der Waals surface area contributed by atoms with Crippen LogP contribution in [0.1, 0.15) is 44.9 Å².